The Morgan fingerprint density at radius 3 is 2.36 bits per heavy atom. The maximum absolute atomic E-state index is 12.9. The lowest BCUT2D eigenvalue weighted by Gasteiger charge is -2.40. The Balaban J connectivity index is 1.53. The highest BCUT2D eigenvalue weighted by molar-refractivity contribution is 6.30. The quantitative estimate of drug-likeness (QED) is 0.780. The van der Waals surface area contributed by atoms with E-state index in [0.717, 1.165) is 36.2 Å². The Morgan fingerprint density at radius 1 is 1.08 bits per heavy atom. The lowest BCUT2D eigenvalue weighted by Crippen LogP contribution is -2.45. The van der Waals surface area contributed by atoms with E-state index in [4.69, 9.17) is 11.6 Å². The van der Waals surface area contributed by atoms with Crippen molar-refractivity contribution in [1.82, 2.24) is 20.2 Å². The minimum atomic E-state index is -0.459. The van der Waals surface area contributed by atoms with Crippen molar-refractivity contribution in [2.24, 2.45) is 0 Å². The predicted molar refractivity (Wildman–Crippen MR) is 94.8 cm³/mol. The minimum Gasteiger partial charge on any atom is -0.325 e. The summed E-state index contributed by atoms with van der Waals surface area (Å²) in [6.07, 6.45) is 4.28. The van der Waals surface area contributed by atoms with Crippen LogP contribution in [0.15, 0.2) is 54.9 Å². The van der Waals surface area contributed by atoms with Gasteiger partial charge >= 0.3 is 0 Å². The molecule has 3 aromatic rings. The molecule has 4 rings (SSSR count). The van der Waals surface area contributed by atoms with Crippen LogP contribution in [0, 0.1) is 0 Å². The molecule has 1 aromatic heterocycles. The first-order valence-corrected chi connectivity index (χ1v) is 8.46. The summed E-state index contributed by atoms with van der Waals surface area (Å²) in [5, 5.41) is 14.8. The minimum absolute atomic E-state index is 0.0243. The molecule has 1 saturated carbocycles. The van der Waals surface area contributed by atoms with Crippen molar-refractivity contribution in [3.05, 3.63) is 65.4 Å². The molecule has 1 aliphatic rings. The highest BCUT2D eigenvalue weighted by Crippen LogP contribution is 2.44. The van der Waals surface area contributed by atoms with Crippen molar-refractivity contribution >= 4 is 23.2 Å². The Labute approximate surface area is 149 Å². The molecular formula is C18H16ClN5O. The van der Waals surface area contributed by atoms with Gasteiger partial charge in [0, 0.05) is 10.7 Å². The summed E-state index contributed by atoms with van der Waals surface area (Å²) in [7, 11) is 0. The zero-order valence-corrected chi connectivity index (χ0v) is 14.1. The number of amides is 1. The van der Waals surface area contributed by atoms with E-state index in [0.29, 0.717) is 5.02 Å². The van der Waals surface area contributed by atoms with Gasteiger partial charge in [-0.3, -0.25) is 4.79 Å². The van der Waals surface area contributed by atoms with Crippen molar-refractivity contribution in [3.8, 4) is 5.69 Å². The Morgan fingerprint density at radius 2 is 1.80 bits per heavy atom. The molecule has 0 spiro atoms. The molecule has 0 bridgehead atoms. The van der Waals surface area contributed by atoms with Gasteiger partial charge in [0.25, 0.3) is 0 Å². The van der Waals surface area contributed by atoms with Gasteiger partial charge in [0.05, 0.1) is 11.1 Å². The van der Waals surface area contributed by atoms with Gasteiger partial charge in [-0.1, -0.05) is 30.2 Å². The predicted octanol–water partition coefficient (Wildman–Crippen LogP) is 3.38. The lowest BCUT2D eigenvalue weighted by molar-refractivity contribution is -0.124. The largest absolute Gasteiger partial charge is 0.325 e. The summed E-state index contributed by atoms with van der Waals surface area (Å²) in [6.45, 7) is 0. The number of hydrogen-bond donors (Lipinski definition) is 1. The molecule has 1 heterocycles. The summed E-state index contributed by atoms with van der Waals surface area (Å²) in [5.74, 6) is 0.0243. The summed E-state index contributed by atoms with van der Waals surface area (Å²) in [6, 6.07) is 15.0. The molecule has 0 unspecified atom stereocenters. The second-order valence-electron chi connectivity index (χ2n) is 6.20. The number of carbonyl (C=O) groups is 1. The van der Waals surface area contributed by atoms with Gasteiger partial charge in [0.1, 0.15) is 6.33 Å². The Hall–Kier alpha value is -2.73. The van der Waals surface area contributed by atoms with Gasteiger partial charge in [0.2, 0.25) is 5.91 Å². The molecule has 6 nitrogen and oxygen atoms in total. The highest BCUT2D eigenvalue weighted by Gasteiger charge is 2.45. The molecule has 25 heavy (non-hydrogen) atoms. The number of aromatic nitrogens is 4. The topological polar surface area (TPSA) is 72.7 Å². The number of tetrazole rings is 1. The smallest absolute Gasteiger partial charge is 0.235 e. The monoisotopic (exact) mass is 353 g/mol. The Kier molecular flexibility index (Phi) is 3.97. The van der Waals surface area contributed by atoms with E-state index in [1.165, 1.54) is 6.33 Å². The summed E-state index contributed by atoms with van der Waals surface area (Å²) in [5.41, 5.74) is 2.14. The molecule has 0 radical (unpaired) electrons. The van der Waals surface area contributed by atoms with E-state index < -0.39 is 5.41 Å². The zero-order chi connectivity index (χ0) is 17.3. The van der Waals surface area contributed by atoms with Crippen LogP contribution in [0.3, 0.4) is 0 Å². The molecule has 0 aliphatic heterocycles. The van der Waals surface area contributed by atoms with E-state index in [1.807, 2.05) is 48.5 Å². The van der Waals surface area contributed by atoms with Crippen molar-refractivity contribution in [1.29, 1.82) is 0 Å². The fraction of sp³-hybridized carbons (Fsp3) is 0.222. The molecule has 0 atom stereocenters. The van der Waals surface area contributed by atoms with Crippen LogP contribution < -0.4 is 5.32 Å². The first-order chi connectivity index (χ1) is 12.2. The number of nitrogens with one attached hydrogen (secondary N) is 1. The number of rotatable bonds is 4. The number of carbonyl (C=O) groups excluding carboxylic acids is 1. The first-order valence-electron chi connectivity index (χ1n) is 8.08. The van der Waals surface area contributed by atoms with Crippen LogP contribution in [0.4, 0.5) is 5.69 Å². The summed E-state index contributed by atoms with van der Waals surface area (Å²) in [4.78, 5) is 12.9. The molecule has 126 valence electrons. The molecule has 7 heteroatoms. The van der Waals surface area contributed by atoms with Gasteiger partial charge in [-0.2, -0.15) is 0 Å². The third-order valence-corrected chi connectivity index (χ3v) is 5.03. The molecule has 1 amide bonds. The van der Waals surface area contributed by atoms with Gasteiger partial charge in [-0.15, -0.1) is 5.10 Å². The van der Waals surface area contributed by atoms with E-state index in [2.05, 4.69) is 20.8 Å². The third-order valence-electron chi connectivity index (χ3n) is 4.78. The van der Waals surface area contributed by atoms with E-state index in [9.17, 15) is 4.79 Å². The van der Waals surface area contributed by atoms with E-state index in [1.54, 1.807) is 4.68 Å². The van der Waals surface area contributed by atoms with Crippen LogP contribution in [-0.2, 0) is 10.2 Å². The molecule has 1 aliphatic carbocycles. The van der Waals surface area contributed by atoms with Crippen molar-refractivity contribution in [2.75, 3.05) is 5.32 Å². The highest BCUT2D eigenvalue weighted by atomic mass is 35.5. The summed E-state index contributed by atoms with van der Waals surface area (Å²) >= 11 is 5.97. The lowest BCUT2D eigenvalue weighted by atomic mass is 9.64. The number of hydrogen-bond acceptors (Lipinski definition) is 4. The second kappa shape index (κ2) is 6.29. The van der Waals surface area contributed by atoms with Crippen LogP contribution in [0.5, 0.6) is 0 Å². The van der Waals surface area contributed by atoms with Crippen LogP contribution in [0.1, 0.15) is 24.8 Å². The van der Waals surface area contributed by atoms with Crippen molar-refractivity contribution in [3.63, 3.8) is 0 Å². The maximum Gasteiger partial charge on any atom is 0.235 e. The first kappa shape index (κ1) is 15.8. The van der Waals surface area contributed by atoms with Crippen molar-refractivity contribution in [2.45, 2.75) is 24.7 Å². The molecule has 1 N–H and O–H groups in total. The van der Waals surface area contributed by atoms with Crippen LogP contribution in [0.2, 0.25) is 5.02 Å². The molecule has 2 aromatic carbocycles. The fourth-order valence-electron chi connectivity index (χ4n) is 3.17. The fourth-order valence-corrected chi connectivity index (χ4v) is 3.30. The van der Waals surface area contributed by atoms with Gasteiger partial charge in [0.15, 0.2) is 0 Å². The number of nitrogens with zero attached hydrogens (tertiary/aromatic N) is 4. The van der Waals surface area contributed by atoms with Crippen LogP contribution in [0.25, 0.3) is 5.69 Å². The SMILES string of the molecule is O=C(Nc1ccc(-n2cnnn2)cc1)C1(c2ccc(Cl)cc2)CCC1. The third kappa shape index (κ3) is 2.89. The zero-order valence-electron chi connectivity index (χ0n) is 13.4. The van der Waals surface area contributed by atoms with Crippen LogP contribution in [-0.4, -0.2) is 26.1 Å². The van der Waals surface area contributed by atoms with Gasteiger partial charge < -0.3 is 5.32 Å². The van der Waals surface area contributed by atoms with Gasteiger partial charge in [-0.05, 0) is 65.2 Å². The average molecular weight is 354 g/mol. The second-order valence-corrected chi connectivity index (χ2v) is 6.63. The molecule has 1 fully saturated rings. The number of benzene rings is 2. The number of anilines is 1. The molecule has 0 saturated heterocycles. The van der Waals surface area contributed by atoms with E-state index >= 15 is 0 Å². The standard InChI is InChI=1S/C18H16ClN5O/c19-14-4-2-13(3-5-14)18(10-1-11-18)17(25)21-15-6-8-16(9-7-15)24-12-20-22-23-24/h2-9,12H,1,10-11H2,(H,21,25). The van der Waals surface area contributed by atoms with Crippen molar-refractivity contribution < 1.29 is 4.79 Å². The summed E-state index contributed by atoms with van der Waals surface area (Å²) < 4.78 is 1.56. The number of halogens is 1. The van der Waals surface area contributed by atoms with Crippen LogP contribution >= 0.6 is 11.6 Å². The average Bonchev–Trinajstić information content (AvgIpc) is 3.11. The van der Waals surface area contributed by atoms with Gasteiger partial charge in [-0.25, -0.2) is 4.68 Å². The molecular weight excluding hydrogens is 338 g/mol. The Bertz CT molecular complexity index is 871. The van der Waals surface area contributed by atoms with E-state index in [-0.39, 0.29) is 5.91 Å². The maximum atomic E-state index is 12.9. The normalized spacial score (nSPS) is 15.4.